The van der Waals surface area contributed by atoms with Crippen molar-refractivity contribution in [2.75, 3.05) is 7.11 Å². The fourth-order valence-electron chi connectivity index (χ4n) is 1.82. The number of ether oxygens (including phenoxy) is 1. The third-order valence-electron chi connectivity index (χ3n) is 2.92. The Balaban J connectivity index is 2.78. The summed E-state index contributed by atoms with van der Waals surface area (Å²) in [5, 5.41) is 10.2. The highest BCUT2D eigenvalue weighted by Crippen LogP contribution is 2.32. The summed E-state index contributed by atoms with van der Waals surface area (Å²) in [5.74, 6) is 0.784. The highest BCUT2D eigenvalue weighted by atomic mass is 16.5. The molecular weight excluding hydrogens is 212 g/mol. The average Bonchev–Trinajstić information content (AvgIpc) is 2.24. The Bertz CT molecular complexity index is 364. The van der Waals surface area contributed by atoms with E-state index in [2.05, 4.69) is 20.8 Å². The second-order valence-corrected chi connectivity index (χ2v) is 5.86. The summed E-state index contributed by atoms with van der Waals surface area (Å²) >= 11 is 0. The Hall–Kier alpha value is -1.02. The van der Waals surface area contributed by atoms with Crippen molar-refractivity contribution >= 4 is 0 Å². The molecule has 1 aromatic rings. The first kappa shape index (κ1) is 14.0. The number of aliphatic hydroxyl groups is 1. The summed E-state index contributed by atoms with van der Waals surface area (Å²) in [4.78, 5) is 0. The summed E-state index contributed by atoms with van der Waals surface area (Å²) in [7, 11) is 1.65. The zero-order chi connectivity index (χ0) is 13.1. The minimum Gasteiger partial charge on any atom is -0.496 e. The molecule has 0 aromatic heterocycles. The van der Waals surface area contributed by atoms with Crippen LogP contribution in [0.2, 0.25) is 0 Å². The van der Waals surface area contributed by atoms with Crippen molar-refractivity contribution in [1.29, 1.82) is 0 Å². The second kappa shape index (κ2) is 5.54. The van der Waals surface area contributed by atoms with Gasteiger partial charge in [0.2, 0.25) is 0 Å². The summed E-state index contributed by atoms with van der Waals surface area (Å²) in [5.41, 5.74) is 2.29. The van der Waals surface area contributed by atoms with Crippen LogP contribution in [0.15, 0.2) is 18.2 Å². The van der Waals surface area contributed by atoms with Crippen molar-refractivity contribution < 1.29 is 9.84 Å². The lowest BCUT2D eigenvalue weighted by Gasteiger charge is -2.21. The zero-order valence-corrected chi connectivity index (χ0v) is 11.6. The van der Waals surface area contributed by atoms with E-state index in [4.69, 9.17) is 4.74 Å². The van der Waals surface area contributed by atoms with Crippen LogP contribution >= 0.6 is 0 Å². The van der Waals surface area contributed by atoms with Gasteiger partial charge in [-0.15, -0.1) is 0 Å². The van der Waals surface area contributed by atoms with Crippen LogP contribution in [0.1, 0.15) is 50.8 Å². The molecule has 17 heavy (non-hydrogen) atoms. The van der Waals surface area contributed by atoms with Crippen LogP contribution in [-0.4, -0.2) is 12.2 Å². The Labute approximate surface area is 105 Å². The van der Waals surface area contributed by atoms with Gasteiger partial charge in [-0.3, -0.25) is 0 Å². The van der Waals surface area contributed by atoms with E-state index in [1.165, 1.54) is 0 Å². The third kappa shape index (κ3) is 4.39. The van der Waals surface area contributed by atoms with Gasteiger partial charge in [0.15, 0.2) is 0 Å². The van der Waals surface area contributed by atoms with Crippen LogP contribution in [0, 0.1) is 12.3 Å². The maximum absolute atomic E-state index is 10.2. The van der Waals surface area contributed by atoms with Crippen LogP contribution in [-0.2, 0) is 0 Å². The Morgan fingerprint density at radius 2 is 1.94 bits per heavy atom. The van der Waals surface area contributed by atoms with Crippen LogP contribution in [0.3, 0.4) is 0 Å². The highest BCUT2D eigenvalue weighted by molar-refractivity contribution is 5.38. The van der Waals surface area contributed by atoms with Gasteiger partial charge in [-0.05, 0) is 36.8 Å². The molecule has 1 rings (SSSR count). The number of methoxy groups -OCH3 is 1. The molecule has 0 aliphatic carbocycles. The smallest absolute Gasteiger partial charge is 0.124 e. The predicted molar refractivity (Wildman–Crippen MR) is 71.4 cm³/mol. The van der Waals surface area contributed by atoms with Crippen molar-refractivity contribution in [3.05, 3.63) is 29.3 Å². The summed E-state index contributed by atoms with van der Waals surface area (Å²) in [6.45, 7) is 8.58. The Morgan fingerprint density at radius 1 is 1.29 bits per heavy atom. The van der Waals surface area contributed by atoms with Gasteiger partial charge in [-0.2, -0.15) is 0 Å². The molecule has 1 atom stereocenters. The quantitative estimate of drug-likeness (QED) is 0.860. The van der Waals surface area contributed by atoms with E-state index in [1.54, 1.807) is 7.11 Å². The maximum atomic E-state index is 10.2. The van der Waals surface area contributed by atoms with E-state index in [9.17, 15) is 5.11 Å². The first-order valence-electron chi connectivity index (χ1n) is 6.16. The van der Waals surface area contributed by atoms with E-state index in [0.29, 0.717) is 0 Å². The van der Waals surface area contributed by atoms with Gasteiger partial charge in [0.25, 0.3) is 0 Å². The first-order chi connectivity index (χ1) is 7.83. The largest absolute Gasteiger partial charge is 0.496 e. The van der Waals surface area contributed by atoms with Crippen molar-refractivity contribution in [2.45, 2.75) is 46.6 Å². The molecule has 2 heteroatoms. The molecule has 1 N–H and O–H groups in total. The molecule has 0 saturated carbocycles. The lowest BCUT2D eigenvalue weighted by Crippen LogP contribution is -2.09. The van der Waals surface area contributed by atoms with Gasteiger partial charge in [-0.1, -0.05) is 32.9 Å². The molecule has 1 aromatic carbocycles. The minimum atomic E-state index is -0.440. The van der Waals surface area contributed by atoms with E-state index in [0.717, 1.165) is 29.7 Å². The molecule has 2 nitrogen and oxygen atoms in total. The van der Waals surface area contributed by atoms with Crippen LogP contribution < -0.4 is 4.74 Å². The van der Waals surface area contributed by atoms with Crippen molar-refractivity contribution in [3.63, 3.8) is 0 Å². The standard InChI is InChI=1S/C15H24O2/c1-11-6-7-12(14(10-11)17-5)13(16)8-9-15(2,3)4/h6-7,10,13,16H,8-9H2,1-5H3. The molecule has 0 bridgehead atoms. The molecular formula is C15H24O2. The molecule has 0 saturated heterocycles. The Morgan fingerprint density at radius 3 is 2.47 bits per heavy atom. The average molecular weight is 236 g/mol. The monoisotopic (exact) mass is 236 g/mol. The number of benzene rings is 1. The lowest BCUT2D eigenvalue weighted by molar-refractivity contribution is 0.144. The van der Waals surface area contributed by atoms with Gasteiger partial charge in [0.1, 0.15) is 5.75 Å². The lowest BCUT2D eigenvalue weighted by atomic mass is 9.88. The van der Waals surface area contributed by atoms with Gasteiger partial charge in [0.05, 0.1) is 13.2 Å². The first-order valence-corrected chi connectivity index (χ1v) is 6.16. The molecule has 0 aliphatic rings. The molecule has 1 unspecified atom stereocenters. The fraction of sp³-hybridized carbons (Fsp3) is 0.600. The van der Waals surface area contributed by atoms with Crippen molar-refractivity contribution in [1.82, 2.24) is 0 Å². The number of aliphatic hydroxyl groups excluding tert-OH is 1. The van der Waals surface area contributed by atoms with Crippen molar-refractivity contribution in [3.8, 4) is 5.75 Å². The highest BCUT2D eigenvalue weighted by Gasteiger charge is 2.17. The fourth-order valence-corrected chi connectivity index (χ4v) is 1.82. The number of hydrogen-bond donors (Lipinski definition) is 1. The molecule has 0 heterocycles. The number of rotatable bonds is 4. The molecule has 0 spiro atoms. The number of hydrogen-bond acceptors (Lipinski definition) is 2. The maximum Gasteiger partial charge on any atom is 0.124 e. The molecule has 0 fully saturated rings. The van der Waals surface area contributed by atoms with E-state index in [1.807, 2.05) is 25.1 Å². The van der Waals surface area contributed by atoms with Crippen LogP contribution in [0.5, 0.6) is 5.75 Å². The topological polar surface area (TPSA) is 29.5 Å². The third-order valence-corrected chi connectivity index (χ3v) is 2.92. The predicted octanol–water partition coefficient (Wildman–Crippen LogP) is 3.86. The zero-order valence-electron chi connectivity index (χ0n) is 11.6. The molecule has 0 radical (unpaired) electrons. The van der Waals surface area contributed by atoms with Crippen LogP contribution in [0.25, 0.3) is 0 Å². The minimum absolute atomic E-state index is 0.249. The van der Waals surface area contributed by atoms with Gasteiger partial charge in [0, 0.05) is 5.56 Å². The van der Waals surface area contributed by atoms with E-state index < -0.39 is 6.10 Å². The van der Waals surface area contributed by atoms with Crippen molar-refractivity contribution in [2.24, 2.45) is 5.41 Å². The summed E-state index contributed by atoms with van der Waals surface area (Å²) in [6.07, 6.45) is 1.32. The van der Waals surface area contributed by atoms with Gasteiger partial charge >= 0.3 is 0 Å². The Kier molecular flexibility index (Phi) is 4.58. The van der Waals surface area contributed by atoms with Gasteiger partial charge in [-0.25, -0.2) is 0 Å². The SMILES string of the molecule is COc1cc(C)ccc1C(O)CCC(C)(C)C. The molecule has 96 valence electrons. The molecule has 0 amide bonds. The van der Waals surface area contributed by atoms with E-state index >= 15 is 0 Å². The normalized spacial score (nSPS) is 13.5. The van der Waals surface area contributed by atoms with E-state index in [-0.39, 0.29) is 5.41 Å². The summed E-state index contributed by atoms with van der Waals surface area (Å²) < 4.78 is 5.32. The van der Waals surface area contributed by atoms with Gasteiger partial charge < -0.3 is 9.84 Å². The second-order valence-electron chi connectivity index (χ2n) is 5.86. The summed E-state index contributed by atoms with van der Waals surface area (Å²) in [6, 6.07) is 5.94. The molecule has 0 aliphatic heterocycles. The number of aryl methyl sites for hydroxylation is 1. The van der Waals surface area contributed by atoms with Crippen LogP contribution in [0.4, 0.5) is 0 Å².